The number of pyridine rings is 1. The Kier molecular flexibility index (Phi) is 4.18. The first kappa shape index (κ1) is 14.7. The summed E-state index contributed by atoms with van der Waals surface area (Å²) in [6.07, 6.45) is 3.11. The molecule has 0 N–H and O–H groups in total. The van der Waals surface area contributed by atoms with E-state index in [-0.39, 0.29) is 12.8 Å². The van der Waals surface area contributed by atoms with Gasteiger partial charge in [-0.2, -0.15) is 5.10 Å². The van der Waals surface area contributed by atoms with Crippen molar-refractivity contribution in [3.8, 4) is 5.82 Å². The van der Waals surface area contributed by atoms with Crippen LogP contribution >= 0.6 is 11.6 Å². The lowest BCUT2D eigenvalue weighted by atomic mass is 10.1. The van der Waals surface area contributed by atoms with Crippen molar-refractivity contribution in [3.63, 3.8) is 0 Å². The van der Waals surface area contributed by atoms with Gasteiger partial charge in [0.15, 0.2) is 5.82 Å². The van der Waals surface area contributed by atoms with E-state index in [1.165, 1.54) is 4.68 Å². The molecule has 0 aliphatic rings. The molecule has 0 unspecified atom stereocenters. The summed E-state index contributed by atoms with van der Waals surface area (Å²) in [5.74, 6) is -2.25. The third-order valence-electron chi connectivity index (χ3n) is 2.76. The van der Waals surface area contributed by atoms with Crippen LogP contribution in [0, 0.1) is 0 Å². The largest absolute Gasteiger partial charge is 0.245 e. The Morgan fingerprint density at radius 3 is 2.85 bits per heavy atom. The van der Waals surface area contributed by atoms with Crippen molar-refractivity contribution in [2.75, 3.05) is 0 Å². The molecule has 2 aromatic heterocycles. The number of halogens is 3. The molecule has 3 nitrogen and oxygen atoms in total. The standard InChI is InChI=1S/C14H14ClF2N3/c1-3-11-9-10(6-7-14(2,16)17)19-20(11)13-12(15)5-4-8-18-13/h3-5,8-9H,1,6-7H2,2H3. The SMILES string of the molecule is C=Cc1cc(CCC(C)(F)F)nn1-c1ncccc1Cl. The number of alkyl halides is 2. The minimum Gasteiger partial charge on any atom is -0.236 e. The molecule has 0 bridgehead atoms. The molecule has 0 fully saturated rings. The first-order valence-corrected chi connectivity index (χ1v) is 6.48. The van der Waals surface area contributed by atoms with Gasteiger partial charge in [-0.3, -0.25) is 0 Å². The van der Waals surface area contributed by atoms with Crippen LogP contribution in [0.4, 0.5) is 8.78 Å². The molecule has 0 aliphatic heterocycles. The van der Waals surface area contributed by atoms with Gasteiger partial charge in [0, 0.05) is 12.6 Å². The van der Waals surface area contributed by atoms with E-state index in [0.29, 0.717) is 22.2 Å². The molecule has 0 aromatic carbocycles. The van der Waals surface area contributed by atoms with Crippen molar-refractivity contribution in [2.24, 2.45) is 0 Å². The Balaban J connectivity index is 2.33. The van der Waals surface area contributed by atoms with Crippen molar-refractivity contribution in [1.29, 1.82) is 0 Å². The predicted octanol–water partition coefficient (Wildman–Crippen LogP) is 4.15. The zero-order valence-corrected chi connectivity index (χ0v) is 11.7. The second kappa shape index (κ2) is 5.71. The highest BCUT2D eigenvalue weighted by atomic mass is 35.5. The molecule has 0 radical (unpaired) electrons. The molecule has 106 valence electrons. The molecule has 0 aliphatic carbocycles. The third-order valence-corrected chi connectivity index (χ3v) is 3.05. The van der Waals surface area contributed by atoms with Crippen LogP contribution in [-0.4, -0.2) is 20.7 Å². The Bertz CT molecular complexity index is 617. The van der Waals surface area contributed by atoms with E-state index in [1.54, 1.807) is 30.5 Å². The molecule has 0 saturated carbocycles. The molecule has 0 amide bonds. The van der Waals surface area contributed by atoms with Crippen molar-refractivity contribution in [3.05, 3.63) is 47.4 Å². The van der Waals surface area contributed by atoms with Crippen molar-refractivity contribution < 1.29 is 8.78 Å². The molecule has 0 saturated heterocycles. The van der Waals surface area contributed by atoms with Crippen LogP contribution in [0.25, 0.3) is 11.9 Å². The summed E-state index contributed by atoms with van der Waals surface area (Å²) < 4.78 is 27.3. The van der Waals surface area contributed by atoms with E-state index in [2.05, 4.69) is 16.7 Å². The molecule has 2 aromatic rings. The van der Waals surface area contributed by atoms with Gasteiger partial charge in [0.05, 0.1) is 16.4 Å². The van der Waals surface area contributed by atoms with Gasteiger partial charge in [0.25, 0.3) is 0 Å². The highest BCUT2D eigenvalue weighted by Gasteiger charge is 2.21. The van der Waals surface area contributed by atoms with E-state index in [4.69, 9.17) is 11.6 Å². The monoisotopic (exact) mass is 297 g/mol. The van der Waals surface area contributed by atoms with Crippen molar-refractivity contribution in [1.82, 2.24) is 14.8 Å². The first-order valence-electron chi connectivity index (χ1n) is 6.11. The zero-order chi connectivity index (χ0) is 14.8. The third kappa shape index (κ3) is 3.42. The van der Waals surface area contributed by atoms with E-state index >= 15 is 0 Å². The van der Waals surface area contributed by atoms with Crippen molar-refractivity contribution in [2.45, 2.75) is 25.7 Å². The second-order valence-electron chi connectivity index (χ2n) is 4.56. The van der Waals surface area contributed by atoms with E-state index in [9.17, 15) is 8.78 Å². The smallest absolute Gasteiger partial charge is 0.236 e. The van der Waals surface area contributed by atoms with Gasteiger partial charge in [0.2, 0.25) is 5.92 Å². The van der Waals surface area contributed by atoms with Gasteiger partial charge < -0.3 is 0 Å². The Morgan fingerprint density at radius 2 is 2.25 bits per heavy atom. The maximum Gasteiger partial charge on any atom is 0.245 e. The summed E-state index contributed by atoms with van der Waals surface area (Å²) in [5.41, 5.74) is 1.23. The maximum atomic E-state index is 12.9. The minimum absolute atomic E-state index is 0.182. The lowest BCUT2D eigenvalue weighted by molar-refractivity contribution is 0.0130. The van der Waals surface area contributed by atoms with Crippen LogP contribution in [0.5, 0.6) is 0 Å². The topological polar surface area (TPSA) is 30.7 Å². The molecule has 20 heavy (non-hydrogen) atoms. The van der Waals surface area contributed by atoms with Gasteiger partial charge in [0.1, 0.15) is 0 Å². The lowest BCUT2D eigenvalue weighted by Gasteiger charge is -2.07. The maximum absolute atomic E-state index is 12.9. The van der Waals surface area contributed by atoms with Crippen LogP contribution in [0.3, 0.4) is 0 Å². The molecule has 0 atom stereocenters. The van der Waals surface area contributed by atoms with E-state index in [0.717, 1.165) is 6.92 Å². The molecular formula is C14H14ClF2N3. The van der Waals surface area contributed by atoms with Crippen LogP contribution in [-0.2, 0) is 6.42 Å². The molecule has 6 heteroatoms. The van der Waals surface area contributed by atoms with Gasteiger partial charge in [-0.1, -0.05) is 18.2 Å². The van der Waals surface area contributed by atoms with Crippen LogP contribution in [0.15, 0.2) is 31.0 Å². The summed E-state index contributed by atoms with van der Waals surface area (Å²) in [5, 5.41) is 4.72. The summed E-state index contributed by atoms with van der Waals surface area (Å²) in [6.45, 7) is 4.59. The Morgan fingerprint density at radius 1 is 1.50 bits per heavy atom. The minimum atomic E-state index is -2.71. The van der Waals surface area contributed by atoms with Crippen LogP contribution in [0.2, 0.25) is 5.02 Å². The molecular weight excluding hydrogens is 284 g/mol. The highest BCUT2D eigenvalue weighted by Crippen LogP contribution is 2.23. The second-order valence-corrected chi connectivity index (χ2v) is 4.96. The van der Waals surface area contributed by atoms with Crippen LogP contribution < -0.4 is 0 Å². The van der Waals surface area contributed by atoms with E-state index < -0.39 is 5.92 Å². The van der Waals surface area contributed by atoms with Crippen LogP contribution in [0.1, 0.15) is 24.7 Å². The zero-order valence-electron chi connectivity index (χ0n) is 11.0. The fourth-order valence-corrected chi connectivity index (χ4v) is 1.97. The van der Waals surface area contributed by atoms with Crippen molar-refractivity contribution >= 4 is 17.7 Å². The number of nitrogens with zero attached hydrogens (tertiary/aromatic N) is 3. The first-order chi connectivity index (χ1) is 9.40. The van der Waals surface area contributed by atoms with Gasteiger partial charge >= 0.3 is 0 Å². The predicted molar refractivity (Wildman–Crippen MR) is 75.4 cm³/mol. The number of hydrogen-bond acceptors (Lipinski definition) is 2. The number of rotatable bonds is 5. The number of aryl methyl sites for hydroxylation is 1. The fourth-order valence-electron chi connectivity index (χ4n) is 1.76. The summed E-state index contributed by atoms with van der Waals surface area (Å²) in [4.78, 5) is 4.15. The Hall–Kier alpha value is -1.75. The number of aromatic nitrogens is 3. The highest BCUT2D eigenvalue weighted by molar-refractivity contribution is 6.32. The molecule has 2 heterocycles. The molecule has 2 rings (SSSR count). The number of hydrogen-bond donors (Lipinski definition) is 0. The lowest BCUT2D eigenvalue weighted by Crippen LogP contribution is -2.11. The van der Waals surface area contributed by atoms with Gasteiger partial charge in [-0.15, -0.1) is 0 Å². The van der Waals surface area contributed by atoms with Gasteiger partial charge in [-0.05, 0) is 37.6 Å². The van der Waals surface area contributed by atoms with Gasteiger partial charge in [-0.25, -0.2) is 18.4 Å². The normalized spacial score (nSPS) is 11.6. The summed E-state index contributed by atoms with van der Waals surface area (Å²) >= 11 is 6.07. The summed E-state index contributed by atoms with van der Waals surface area (Å²) in [7, 11) is 0. The van der Waals surface area contributed by atoms with E-state index in [1.807, 2.05) is 0 Å². The average molecular weight is 298 g/mol. The Labute approximate surface area is 120 Å². The average Bonchev–Trinajstić information content (AvgIpc) is 2.79. The fraction of sp³-hybridized carbons (Fsp3) is 0.286. The quantitative estimate of drug-likeness (QED) is 0.830. The molecule has 0 spiro atoms. The summed E-state index contributed by atoms with van der Waals surface area (Å²) in [6, 6.07) is 5.11.